The Hall–Kier alpha value is -2.82. The van der Waals surface area contributed by atoms with E-state index in [1.807, 2.05) is 41.0 Å². The predicted octanol–water partition coefficient (Wildman–Crippen LogP) is 2.92. The van der Waals surface area contributed by atoms with E-state index >= 15 is 0 Å². The zero-order valence-corrected chi connectivity index (χ0v) is 16.0. The second-order valence-corrected chi connectivity index (χ2v) is 6.86. The minimum atomic E-state index is 0.00542. The third-order valence-electron chi connectivity index (χ3n) is 5.08. The average molecular weight is 366 g/mol. The van der Waals surface area contributed by atoms with Crippen molar-refractivity contribution in [3.8, 4) is 5.75 Å². The normalized spacial score (nSPS) is 14.6. The molecular formula is C22H26N2O3. The Morgan fingerprint density at radius 1 is 0.926 bits per heavy atom. The van der Waals surface area contributed by atoms with E-state index in [1.54, 1.807) is 31.4 Å². The van der Waals surface area contributed by atoms with Gasteiger partial charge in [0.15, 0.2) is 0 Å². The third-order valence-corrected chi connectivity index (χ3v) is 5.08. The van der Waals surface area contributed by atoms with Gasteiger partial charge in [-0.3, -0.25) is 9.59 Å². The second-order valence-electron chi connectivity index (χ2n) is 6.86. The van der Waals surface area contributed by atoms with Crippen molar-refractivity contribution >= 4 is 11.8 Å². The molecule has 3 rings (SSSR count). The van der Waals surface area contributed by atoms with Crippen LogP contribution in [0.3, 0.4) is 0 Å². The van der Waals surface area contributed by atoms with Crippen molar-refractivity contribution in [3.05, 3.63) is 65.2 Å². The van der Waals surface area contributed by atoms with Gasteiger partial charge < -0.3 is 14.5 Å². The van der Waals surface area contributed by atoms with Crippen molar-refractivity contribution in [2.45, 2.75) is 19.8 Å². The highest BCUT2D eigenvalue weighted by Crippen LogP contribution is 2.15. The lowest BCUT2D eigenvalue weighted by molar-refractivity contribution is -0.130. The van der Waals surface area contributed by atoms with Gasteiger partial charge in [0.1, 0.15) is 5.75 Å². The molecule has 0 atom stereocenters. The number of aryl methyl sites for hydroxylation is 1. The van der Waals surface area contributed by atoms with E-state index in [4.69, 9.17) is 4.74 Å². The molecule has 2 aromatic carbocycles. The topological polar surface area (TPSA) is 49.9 Å². The monoisotopic (exact) mass is 366 g/mol. The Kier molecular flexibility index (Phi) is 6.12. The van der Waals surface area contributed by atoms with Crippen LogP contribution in [0.1, 0.15) is 27.9 Å². The van der Waals surface area contributed by atoms with Gasteiger partial charge in [0, 0.05) is 31.7 Å². The molecular weight excluding hydrogens is 340 g/mol. The first-order chi connectivity index (χ1) is 13.1. The molecule has 1 heterocycles. The van der Waals surface area contributed by atoms with E-state index in [2.05, 4.69) is 0 Å². The summed E-state index contributed by atoms with van der Waals surface area (Å²) in [5, 5.41) is 0. The number of carbonyl (C=O) groups excluding carboxylic acids is 2. The molecule has 2 amide bonds. The van der Waals surface area contributed by atoms with Gasteiger partial charge in [-0.25, -0.2) is 0 Å². The van der Waals surface area contributed by atoms with Crippen LogP contribution in [0, 0.1) is 6.92 Å². The maximum absolute atomic E-state index is 12.7. The van der Waals surface area contributed by atoms with E-state index in [9.17, 15) is 9.59 Å². The molecule has 0 unspecified atom stereocenters. The molecule has 0 spiro atoms. The van der Waals surface area contributed by atoms with Crippen LogP contribution in [0.5, 0.6) is 5.75 Å². The molecule has 1 aliphatic rings. The Morgan fingerprint density at radius 2 is 1.59 bits per heavy atom. The number of hydrogen-bond acceptors (Lipinski definition) is 3. The average Bonchev–Trinajstić information content (AvgIpc) is 2.95. The standard InChI is InChI=1S/C22H26N2O3/c1-17-6-3-4-7-19(17)16-21(25)23-12-5-13-24(15-14-23)22(26)18-8-10-20(27-2)11-9-18/h3-4,6-11H,5,12-16H2,1-2H3. The van der Waals surface area contributed by atoms with E-state index < -0.39 is 0 Å². The lowest BCUT2D eigenvalue weighted by Crippen LogP contribution is -2.38. The van der Waals surface area contributed by atoms with E-state index in [1.165, 1.54) is 0 Å². The summed E-state index contributed by atoms with van der Waals surface area (Å²) in [5.74, 6) is 0.865. The molecule has 0 N–H and O–H groups in total. The number of benzene rings is 2. The number of rotatable bonds is 4. The summed E-state index contributed by atoms with van der Waals surface area (Å²) in [4.78, 5) is 29.2. The van der Waals surface area contributed by atoms with Crippen molar-refractivity contribution in [1.29, 1.82) is 0 Å². The summed E-state index contributed by atoms with van der Waals surface area (Å²) >= 11 is 0. The van der Waals surface area contributed by atoms with Crippen molar-refractivity contribution in [2.24, 2.45) is 0 Å². The van der Waals surface area contributed by atoms with Gasteiger partial charge in [0.25, 0.3) is 5.91 Å². The van der Waals surface area contributed by atoms with Crippen LogP contribution in [-0.2, 0) is 11.2 Å². The number of nitrogens with zero attached hydrogens (tertiary/aromatic N) is 2. The van der Waals surface area contributed by atoms with E-state index in [0.717, 1.165) is 23.3 Å². The summed E-state index contributed by atoms with van der Waals surface area (Å²) < 4.78 is 5.14. The minimum absolute atomic E-state index is 0.00542. The molecule has 5 heteroatoms. The lowest BCUT2D eigenvalue weighted by Gasteiger charge is -2.22. The summed E-state index contributed by atoms with van der Waals surface area (Å²) in [7, 11) is 1.61. The van der Waals surface area contributed by atoms with Crippen LogP contribution >= 0.6 is 0 Å². The fourth-order valence-corrected chi connectivity index (χ4v) is 3.37. The SMILES string of the molecule is COc1ccc(C(=O)N2CCCN(C(=O)Cc3ccccc3C)CC2)cc1. The summed E-state index contributed by atoms with van der Waals surface area (Å²) in [6, 6.07) is 15.1. The van der Waals surface area contributed by atoms with Crippen molar-refractivity contribution < 1.29 is 14.3 Å². The van der Waals surface area contributed by atoms with E-state index in [0.29, 0.717) is 38.2 Å². The zero-order valence-electron chi connectivity index (χ0n) is 16.0. The Balaban J connectivity index is 1.60. The number of amides is 2. The third kappa shape index (κ3) is 4.67. The summed E-state index contributed by atoms with van der Waals surface area (Å²) in [5.41, 5.74) is 2.85. The van der Waals surface area contributed by atoms with Crippen molar-refractivity contribution in [2.75, 3.05) is 33.3 Å². The van der Waals surface area contributed by atoms with Gasteiger partial charge in [0.2, 0.25) is 5.91 Å². The van der Waals surface area contributed by atoms with Crippen LogP contribution in [0.2, 0.25) is 0 Å². The second kappa shape index (κ2) is 8.71. The molecule has 27 heavy (non-hydrogen) atoms. The molecule has 142 valence electrons. The first kappa shape index (κ1) is 19.0. The number of methoxy groups -OCH3 is 1. The molecule has 1 aliphatic heterocycles. The number of ether oxygens (including phenoxy) is 1. The minimum Gasteiger partial charge on any atom is -0.497 e. The van der Waals surface area contributed by atoms with Gasteiger partial charge in [-0.05, 0) is 48.7 Å². The maximum atomic E-state index is 12.7. The summed E-state index contributed by atoms with van der Waals surface area (Å²) in [6.07, 6.45) is 1.21. The molecule has 2 aromatic rings. The van der Waals surface area contributed by atoms with Crippen LogP contribution in [0.25, 0.3) is 0 Å². The van der Waals surface area contributed by atoms with Crippen molar-refractivity contribution in [3.63, 3.8) is 0 Å². The molecule has 5 nitrogen and oxygen atoms in total. The van der Waals surface area contributed by atoms with Crippen molar-refractivity contribution in [1.82, 2.24) is 9.80 Å². The van der Waals surface area contributed by atoms with Gasteiger partial charge in [0.05, 0.1) is 13.5 Å². The fourth-order valence-electron chi connectivity index (χ4n) is 3.37. The quantitative estimate of drug-likeness (QED) is 0.836. The van der Waals surface area contributed by atoms with Crippen LogP contribution in [0.4, 0.5) is 0 Å². The van der Waals surface area contributed by atoms with Crippen LogP contribution < -0.4 is 4.74 Å². The number of carbonyl (C=O) groups is 2. The molecule has 0 bridgehead atoms. The molecule has 0 radical (unpaired) electrons. The highest BCUT2D eigenvalue weighted by molar-refractivity contribution is 5.94. The van der Waals surface area contributed by atoms with Crippen LogP contribution in [0.15, 0.2) is 48.5 Å². The Morgan fingerprint density at radius 3 is 2.30 bits per heavy atom. The molecule has 0 aromatic heterocycles. The zero-order chi connectivity index (χ0) is 19.2. The largest absolute Gasteiger partial charge is 0.497 e. The predicted molar refractivity (Wildman–Crippen MR) is 105 cm³/mol. The first-order valence-corrected chi connectivity index (χ1v) is 9.34. The first-order valence-electron chi connectivity index (χ1n) is 9.34. The van der Waals surface area contributed by atoms with Gasteiger partial charge in [-0.1, -0.05) is 24.3 Å². The highest BCUT2D eigenvalue weighted by Gasteiger charge is 2.23. The maximum Gasteiger partial charge on any atom is 0.253 e. The smallest absolute Gasteiger partial charge is 0.253 e. The number of hydrogen-bond donors (Lipinski definition) is 0. The van der Waals surface area contributed by atoms with Gasteiger partial charge in [-0.2, -0.15) is 0 Å². The Labute approximate surface area is 160 Å². The Bertz CT molecular complexity index is 801. The highest BCUT2D eigenvalue weighted by atomic mass is 16.5. The van der Waals surface area contributed by atoms with Crippen LogP contribution in [-0.4, -0.2) is 54.9 Å². The van der Waals surface area contributed by atoms with E-state index in [-0.39, 0.29) is 11.8 Å². The lowest BCUT2D eigenvalue weighted by atomic mass is 10.1. The molecule has 1 fully saturated rings. The molecule has 0 aliphatic carbocycles. The molecule has 0 saturated carbocycles. The summed E-state index contributed by atoms with van der Waals surface area (Å²) in [6.45, 7) is 4.52. The fraction of sp³-hybridized carbons (Fsp3) is 0.364. The van der Waals surface area contributed by atoms with Gasteiger partial charge in [-0.15, -0.1) is 0 Å². The molecule has 1 saturated heterocycles. The van der Waals surface area contributed by atoms with Gasteiger partial charge >= 0.3 is 0 Å².